The van der Waals surface area contributed by atoms with Gasteiger partial charge in [0.05, 0.1) is 11.7 Å². The largest absolute Gasteiger partial charge is 0.336 e. The summed E-state index contributed by atoms with van der Waals surface area (Å²) in [5.74, 6) is -0.930. The number of carbonyl (C=O) groups excluding carboxylic acids is 1. The van der Waals surface area contributed by atoms with E-state index in [1.54, 1.807) is 12.1 Å². The Kier molecular flexibility index (Phi) is 6.11. The third-order valence-corrected chi connectivity index (χ3v) is 3.75. The number of amides is 2. The molecule has 0 aliphatic rings. The first kappa shape index (κ1) is 18.2. The molecule has 0 aromatic heterocycles. The minimum atomic E-state index is -0.611. The molecule has 0 saturated heterocycles. The van der Waals surface area contributed by atoms with Crippen LogP contribution >= 0.6 is 11.6 Å². The van der Waals surface area contributed by atoms with E-state index < -0.39 is 11.8 Å². The van der Waals surface area contributed by atoms with Crippen LogP contribution in [0.15, 0.2) is 42.5 Å². The van der Waals surface area contributed by atoms with Gasteiger partial charge >= 0.3 is 6.03 Å². The Labute approximate surface area is 144 Å². The van der Waals surface area contributed by atoms with E-state index in [4.69, 9.17) is 11.6 Å². The summed E-state index contributed by atoms with van der Waals surface area (Å²) in [6, 6.07) is 9.39. The van der Waals surface area contributed by atoms with Crippen molar-refractivity contribution in [2.45, 2.75) is 6.04 Å². The number of hydrogen-bond donors (Lipinski definition) is 2. The zero-order chi connectivity index (χ0) is 17.7. The molecule has 2 amide bonds. The van der Waals surface area contributed by atoms with Crippen molar-refractivity contribution in [3.63, 3.8) is 0 Å². The molecule has 24 heavy (non-hydrogen) atoms. The number of hydrogen-bond acceptors (Lipinski definition) is 2. The van der Waals surface area contributed by atoms with Crippen LogP contribution in [0, 0.1) is 11.6 Å². The summed E-state index contributed by atoms with van der Waals surface area (Å²) in [4.78, 5) is 13.9. The predicted octanol–water partition coefficient (Wildman–Crippen LogP) is 4.04. The Morgan fingerprint density at radius 2 is 1.83 bits per heavy atom. The van der Waals surface area contributed by atoms with Crippen molar-refractivity contribution in [1.29, 1.82) is 0 Å². The number of carbonyl (C=O) groups is 1. The normalized spacial score (nSPS) is 12.1. The molecule has 0 heterocycles. The molecule has 128 valence electrons. The maximum atomic E-state index is 13.7. The summed E-state index contributed by atoms with van der Waals surface area (Å²) in [6.07, 6.45) is 0. The van der Waals surface area contributed by atoms with E-state index in [1.165, 1.54) is 24.3 Å². The summed E-state index contributed by atoms with van der Waals surface area (Å²) in [6.45, 7) is 0.277. The highest BCUT2D eigenvalue weighted by Crippen LogP contribution is 2.20. The van der Waals surface area contributed by atoms with Gasteiger partial charge < -0.3 is 15.5 Å². The number of nitrogens with one attached hydrogen (secondary N) is 2. The zero-order valence-corrected chi connectivity index (χ0v) is 14.1. The van der Waals surface area contributed by atoms with Crippen LogP contribution in [0.25, 0.3) is 0 Å². The fourth-order valence-electron chi connectivity index (χ4n) is 2.23. The molecule has 2 aromatic rings. The molecule has 0 spiro atoms. The minimum Gasteiger partial charge on any atom is -0.336 e. The van der Waals surface area contributed by atoms with E-state index in [0.29, 0.717) is 0 Å². The van der Waals surface area contributed by atoms with Gasteiger partial charge in [0.2, 0.25) is 0 Å². The number of rotatable bonds is 5. The van der Waals surface area contributed by atoms with Gasteiger partial charge in [0.1, 0.15) is 11.6 Å². The van der Waals surface area contributed by atoms with E-state index >= 15 is 0 Å². The lowest BCUT2D eigenvalue weighted by Gasteiger charge is -2.25. The molecule has 2 N–H and O–H groups in total. The van der Waals surface area contributed by atoms with Gasteiger partial charge in [-0.2, -0.15) is 0 Å². The molecule has 0 aliphatic heterocycles. The van der Waals surface area contributed by atoms with Crippen LogP contribution in [0.4, 0.5) is 19.3 Å². The third-order valence-electron chi connectivity index (χ3n) is 3.51. The van der Waals surface area contributed by atoms with Crippen LogP contribution in [-0.2, 0) is 0 Å². The number of urea groups is 1. The second-order valence-corrected chi connectivity index (χ2v) is 5.93. The average Bonchev–Trinajstić information content (AvgIpc) is 2.52. The lowest BCUT2D eigenvalue weighted by atomic mass is 10.1. The topological polar surface area (TPSA) is 44.4 Å². The predicted molar refractivity (Wildman–Crippen MR) is 91.3 cm³/mol. The van der Waals surface area contributed by atoms with Gasteiger partial charge in [0, 0.05) is 11.6 Å². The van der Waals surface area contributed by atoms with Gasteiger partial charge in [-0.15, -0.1) is 0 Å². The smallest absolute Gasteiger partial charge is 0.319 e. The Morgan fingerprint density at radius 3 is 2.42 bits per heavy atom. The van der Waals surface area contributed by atoms with Crippen LogP contribution in [0.3, 0.4) is 0 Å². The van der Waals surface area contributed by atoms with Crippen molar-refractivity contribution >= 4 is 23.3 Å². The SMILES string of the molecule is CN(C)C(CNC(=O)Nc1ccc(Cl)cc1F)c1ccc(F)cc1. The second-order valence-electron chi connectivity index (χ2n) is 5.49. The van der Waals surface area contributed by atoms with Crippen molar-refractivity contribution in [2.24, 2.45) is 0 Å². The Balaban J connectivity index is 1.98. The molecule has 0 radical (unpaired) electrons. The number of halogens is 3. The summed E-state index contributed by atoms with van der Waals surface area (Å²) in [5, 5.41) is 5.36. The number of benzene rings is 2. The van der Waals surface area contributed by atoms with Gasteiger partial charge in [-0.25, -0.2) is 13.6 Å². The first-order valence-corrected chi connectivity index (χ1v) is 7.66. The second kappa shape index (κ2) is 8.08. The fraction of sp³-hybridized carbons (Fsp3) is 0.235. The van der Waals surface area contributed by atoms with Crippen molar-refractivity contribution in [3.8, 4) is 0 Å². The highest BCUT2D eigenvalue weighted by molar-refractivity contribution is 6.30. The summed E-state index contributed by atoms with van der Waals surface area (Å²) in [5.41, 5.74) is 0.902. The maximum Gasteiger partial charge on any atom is 0.319 e. The van der Waals surface area contributed by atoms with Crippen molar-refractivity contribution in [1.82, 2.24) is 10.2 Å². The number of anilines is 1. The van der Waals surface area contributed by atoms with E-state index in [1.807, 2.05) is 19.0 Å². The summed E-state index contributed by atoms with van der Waals surface area (Å²) < 4.78 is 26.7. The molecule has 0 bridgehead atoms. The van der Waals surface area contributed by atoms with E-state index in [0.717, 1.165) is 11.6 Å². The highest BCUT2D eigenvalue weighted by atomic mass is 35.5. The van der Waals surface area contributed by atoms with Crippen LogP contribution in [0.2, 0.25) is 5.02 Å². The first-order chi connectivity index (χ1) is 11.4. The third kappa shape index (κ3) is 4.91. The lowest BCUT2D eigenvalue weighted by molar-refractivity contribution is 0.243. The average molecular weight is 354 g/mol. The quantitative estimate of drug-likeness (QED) is 0.852. The molecule has 0 saturated carbocycles. The van der Waals surface area contributed by atoms with Gasteiger partial charge in [-0.05, 0) is 50.0 Å². The molecule has 1 unspecified atom stereocenters. The molecule has 7 heteroatoms. The van der Waals surface area contributed by atoms with Crippen LogP contribution in [0.5, 0.6) is 0 Å². The van der Waals surface area contributed by atoms with Gasteiger partial charge in [0.25, 0.3) is 0 Å². The molecule has 0 aliphatic carbocycles. The van der Waals surface area contributed by atoms with Crippen LogP contribution in [0.1, 0.15) is 11.6 Å². The highest BCUT2D eigenvalue weighted by Gasteiger charge is 2.16. The fourth-order valence-corrected chi connectivity index (χ4v) is 2.39. The molecule has 2 aromatic carbocycles. The zero-order valence-electron chi connectivity index (χ0n) is 13.3. The van der Waals surface area contributed by atoms with Gasteiger partial charge in [-0.1, -0.05) is 23.7 Å². The molecule has 1 atom stereocenters. The Bertz CT molecular complexity index is 707. The van der Waals surface area contributed by atoms with Crippen molar-refractivity contribution in [2.75, 3.05) is 26.0 Å². The van der Waals surface area contributed by atoms with Gasteiger partial charge in [0.15, 0.2) is 0 Å². The van der Waals surface area contributed by atoms with Crippen molar-refractivity contribution < 1.29 is 13.6 Å². The first-order valence-electron chi connectivity index (χ1n) is 7.28. The lowest BCUT2D eigenvalue weighted by Crippen LogP contribution is -2.37. The maximum absolute atomic E-state index is 13.7. The molecular formula is C17H18ClF2N3O. The van der Waals surface area contributed by atoms with Crippen molar-refractivity contribution in [3.05, 3.63) is 64.7 Å². The Morgan fingerprint density at radius 1 is 1.17 bits per heavy atom. The van der Waals surface area contributed by atoms with Gasteiger partial charge in [-0.3, -0.25) is 0 Å². The minimum absolute atomic E-state index is 0.0417. The number of nitrogens with zero attached hydrogens (tertiary/aromatic N) is 1. The van der Waals surface area contributed by atoms with Crippen LogP contribution in [-0.4, -0.2) is 31.6 Å². The monoisotopic (exact) mass is 353 g/mol. The van der Waals surface area contributed by atoms with E-state index in [9.17, 15) is 13.6 Å². The summed E-state index contributed by atoms with van der Waals surface area (Å²) >= 11 is 5.67. The molecule has 4 nitrogen and oxygen atoms in total. The van der Waals surface area contributed by atoms with E-state index in [-0.39, 0.29) is 29.1 Å². The number of likely N-dealkylation sites (N-methyl/N-ethyl adjacent to an activating group) is 1. The molecule has 2 rings (SSSR count). The molecular weight excluding hydrogens is 336 g/mol. The van der Waals surface area contributed by atoms with E-state index in [2.05, 4.69) is 10.6 Å². The van der Waals surface area contributed by atoms with Crippen LogP contribution < -0.4 is 10.6 Å². The molecule has 0 fully saturated rings. The summed E-state index contributed by atoms with van der Waals surface area (Å²) in [7, 11) is 3.71. The standard InChI is InChI=1S/C17H18ClF2N3O/c1-23(2)16(11-3-6-13(19)7-4-11)10-21-17(24)22-15-8-5-12(18)9-14(15)20/h3-9,16H,10H2,1-2H3,(H2,21,22,24). The Hall–Kier alpha value is -2.18.